The quantitative estimate of drug-likeness (QED) is 0.174. The van der Waals surface area contributed by atoms with Gasteiger partial charge in [0.25, 0.3) is 0 Å². The van der Waals surface area contributed by atoms with E-state index in [9.17, 15) is 9.59 Å². The molecule has 0 unspecified atom stereocenters. The lowest BCUT2D eigenvalue weighted by molar-refractivity contribution is -0.140. The van der Waals surface area contributed by atoms with Crippen LogP contribution in [-0.4, -0.2) is 50.6 Å². The number of rotatable bonds is 8. The standard InChI is InChI=1S/C15H30N4O3.HI/c1-15(2,3)19-12(20)11-18-14(16-4)17-10-8-6-7-9-13(21)22-5;/h6-11H2,1-5H3,(H,19,20)(H2,16,17,18);1H. The third-order valence-corrected chi connectivity index (χ3v) is 2.73. The van der Waals surface area contributed by atoms with E-state index >= 15 is 0 Å². The SMILES string of the molecule is CN=C(NCCCCCC(=O)OC)NCC(=O)NC(C)(C)C.I. The number of carbonyl (C=O) groups excluding carboxylic acids is 2. The van der Waals surface area contributed by atoms with Crippen molar-refractivity contribution in [2.45, 2.75) is 52.0 Å². The van der Waals surface area contributed by atoms with Crippen molar-refractivity contribution >= 4 is 41.8 Å². The summed E-state index contributed by atoms with van der Waals surface area (Å²) in [6.07, 6.45) is 3.13. The fourth-order valence-electron chi connectivity index (χ4n) is 1.73. The van der Waals surface area contributed by atoms with E-state index in [1.54, 1.807) is 7.05 Å². The number of ether oxygens (including phenoxy) is 1. The van der Waals surface area contributed by atoms with Gasteiger partial charge in [0.15, 0.2) is 5.96 Å². The summed E-state index contributed by atoms with van der Waals surface area (Å²) in [6.45, 7) is 6.73. The Morgan fingerprint density at radius 2 is 1.74 bits per heavy atom. The highest BCUT2D eigenvalue weighted by molar-refractivity contribution is 14.0. The number of carbonyl (C=O) groups is 2. The maximum Gasteiger partial charge on any atom is 0.305 e. The zero-order valence-corrected chi connectivity index (χ0v) is 17.2. The van der Waals surface area contributed by atoms with E-state index in [4.69, 9.17) is 0 Å². The predicted octanol–water partition coefficient (Wildman–Crippen LogP) is 1.42. The molecule has 0 aromatic heterocycles. The summed E-state index contributed by atoms with van der Waals surface area (Å²) in [7, 11) is 3.06. The van der Waals surface area contributed by atoms with Gasteiger partial charge < -0.3 is 20.7 Å². The normalized spacial score (nSPS) is 11.3. The smallest absolute Gasteiger partial charge is 0.305 e. The Hall–Kier alpha value is -1.06. The highest BCUT2D eigenvalue weighted by Crippen LogP contribution is 2.00. The average Bonchev–Trinajstić information content (AvgIpc) is 2.43. The van der Waals surface area contributed by atoms with Gasteiger partial charge in [0.05, 0.1) is 13.7 Å². The molecule has 3 N–H and O–H groups in total. The minimum atomic E-state index is -0.241. The Kier molecular flexibility index (Phi) is 14.1. The summed E-state index contributed by atoms with van der Waals surface area (Å²) in [5.74, 6) is 0.348. The first-order chi connectivity index (χ1) is 10.3. The first kappa shape index (κ1) is 24.2. The molecule has 0 radical (unpaired) electrons. The molecule has 0 aromatic carbocycles. The van der Waals surface area contributed by atoms with Crippen LogP contribution in [0.5, 0.6) is 0 Å². The van der Waals surface area contributed by atoms with Crippen LogP contribution in [0.2, 0.25) is 0 Å². The molecule has 23 heavy (non-hydrogen) atoms. The first-order valence-electron chi connectivity index (χ1n) is 7.61. The van der Waals surface area contributed by atoms with Gasteiger partial charge in [-0.25, -0.2) is 0 Å². The molecule has 0 fully saturated rings. The number of nitrogens with zero attached hydrogens (tertiary/aromatic N) is 1. The summed E-state index contributed by atoms with van der Waals surface area (Å²) < 4.78 is 4.58. The van der Waals surface area contributed by atoms with Gasteiger partial charge >= 0.3 is 5.97 Å². The molecule has 0 rings (SSSR count). The maximum absolute atomic E-state index is 11.7. The lowest BCUT2D eigenvalue weighted by Crippen LogP contribution is -2.48. The number of esters is 1. The maximum atomic E-state index is 11.7. The summed E-state index contributed by atoms with van der Waals surface area (Å²) in [4.78, 5) is 26.7. The van der Waals surface area contributed by atoms with Gasteiger partial charge in [0.2, 0.25) is 5.91 Å². The largest absolute Gasteiger partial charge is 0.469 e. The zero-order chi connectivity index (χ0) is 17.0. The highest BCUT2D eigenvalue weighted by atomic mass is 127. The molecule has 0 saturated carbocycles. The second kappa shape index (κ2) is 13.4. The van der Waals surface area contributed by atoms with Gasteiger partial charge in [-0.3, -0.25) is 14.6 Å². The number of unbranched alkanes of at least 4 members (excludes halogenated alkanes) is 2. The van der Waals surface area contributed by atoms with Crippen LogP contribution in [0.3, 0.4) is 0 Å². The molecule has 7 nitrogen and oxygen atoms in total. The fraction of sp³-hybridized carbons (Fsp3) is 0.800. The zero-order valence-electron chi connectivity index (χ0n) is 14.8. The van der Waals surface area contributed by atoms with E-state index in [2.05, 4.69) is 25.7 Å². The molecule has 0 aliphatic carbocycles. The van der Waals surface area contributed by atoms with Crippen molar-refractivity contribution < 1.29 is 14.3 Å². The number of hydrogen-bond acceptors (Lipinski definition) is 4. The van der Waals surface area contributed by atoms with Crippen LogP contribution >= 0.6 is 24.0 Å². The number of amides is 1. The van der Waals surface area contributed by atoms with Crippen LogP contribution in [0.25, 0.3) is 0 Å². The van der Waals surface area contributed by atoms with E-state index in [1.165, 1.54) is 7.11 Å². The van der Waals surface area contributed by atoms with Gasteiger partial charge in [-0.2, -0.15) is 0 Å². The molecular formula is C15H31IN4O3. The molecule has 8 heteroatoms. The summed E-state index contributed by atoms with van der Waals surface area (Å²) >= 11 is 0. The predicted molar refractivity (Wildman–Crippen MR) is 103 cm³/mol. The van der Waals surface area contributed by atoms with Crippen molar-refractivity contribution in [3.05, 3.63) is 0 Å². The van der Waals surface area contributed by atoms with Crippen LogP contribution < -0.4 is 16.0 Å². The van der Waals surface area contributed by atoms with Crippen LogP contribution in [0.4, 0.5) is 0 Å². The monoisotopic (exact) mass is 442 g/mol. The van der Waals surface area contributed by atoms with E-state index < -0.39 is 0 Å². The van der Waals surface area contributed by atoms with Gasteiger partial charge in [0, 0.05) is 25.6 Å². The second-order valence-electron chi connectivity index (χ2n) is 6.04. The van der Waals surface area contributed by atoms with Gasteiger partial charge in [0.1, 0.15) is 0 Å². The molecule has 0 atom stereocenters. The number of methoxy groups -OCH3 is 1. The number of halogens is 1. The Balaban J connectivity index is 0. The minimum Gasteiger partial charge on any atom is -0.469 e. The first-order valence-corrected chi connectivity index (χ1v) is 7.61. The van der Waals surface area contributed by atoms with E-state index in [-0.39, 0.29) is 47.9 Å². The number of guanidine groups is 1. The lowest BCUT2D eigenvalue weighted by Gasteiger charge is -2.21. The molecule has 0 spiro atoms. The lowest BCUT2D eigenvalue weighted by atomic mass is 10.1. The van der Waals surface area contributed by atoms with Crippen molar-refractivity contribution in [1.29, 1.82) is 0 Å². The summed E-state index contributed by atoms with van der Waals surface area (Å²) in [5.41, 5.74) is -0.241. The van der Waals surface area contributed by atoms with Crippen molar-refractivity contribution in [2.75, 3.05) is 27.2 Å². The number of hydrogen-bond donors (Lipinski definition) is 3. The van der Waals surface area contributed by atoms with Crippen molar-refractivity contribution in [2.24, 2.45) is 4.99 Å². The molecule has 0 heterocycles. The van der Waals surface area contributed by atoms with Crippen LogP contribution in [0.1, 0.15) is 46.5 Å². The van der Waals surface area contributed by atoms with Gasteiger partial charge in [-0.05, 0) is 33.6 Å². The van der Waals surface area contributed by atoms with E-state index in [1.807, 2.05) is 20.8 Å². The molecule has 0 saturated heterocycles. The average molecular weight is 442 g/mol. The Morgan fingerprint density at radius 1 is 1.09 bits per heavy atom. The second-order valence-corrected chi connectivity index (χ2v) is 6.04. The fourth-order valence-corrected chi connectivity index (χ4v) is 1.73. The van der Waals surface area contributed by atoms with E-state index in [0.29, 0.717) is 12.4 Å². The third-order valence-electron chi connectivity index (χ3n) is 2.73. The minimum absolute atomic E-state index is 0. The molecule has 136 valence electrons. The van der Waals surface area contributed by atoms with Gasteiger partial charge in [-0.1, -0.05) is 6.42 Å². The summed E-state index contributed by atoms with van der Waals surface area (Å²) in [5, 5.41) is 8.97. The van der Waals surface area contributed by atoms with Crippen molar-refractivity contribution in [1.82, 2.24) is 16.0 Å². The topological polar surface area (TPSA) is 91.8 Å². The summed E-state index contributed by atoms with van der Waals surface area (Å²) in [6, 6.07) is 0. The number of aliphatic imine (C=N–C) groups is 1. The molecular weight excluding hydrogens is 411 g/mol. The highest BCUT2D eigenvalue weighted by Gasteiger charge is 2.13. The third kappa shape index (κ3) is 15.6. The van der Waals surface area contributed by atoms with Crippen molar-refractivity contribution in [3.8, 4) is 0 Å². The van der Waals surface area contributed by atoms with Crippen molar-refractivity contribution in [3.63, 3.8) is 0 Å². The molecule has 0 aliphatic rings. The Bertz CT molecular complexity index is 381. The molecule has 0 bridgehead atoms. The molecule has 1 amide bonds. The van der Waals surface area contributed by atoms with E-state index in [0.717, 1.165) is 25.8 Å². The van der Waals surface area contributed by atoms with Crippen LogP contribution in [0.15, 0.2) is 4.99 Å². The Labute approximate surface area is 156 Å². The molecule has 0 aliphatic heterocycles. The van der Waals surface area contributed by atoms with Crippen LogP contribution in [-0.2, 0) is 14.3 Å². The van der Waals surface area contributed by atoms with Gasteiger partial charge in [-0.15, -0.1) is 24.0 Å². The van der Waals surface area contributed by atoms with Crippen LogP contribution in [0, 0.1) is 0 Å². The Morgan fingerprint density at radius 3 is 2.26 bits per heavy atom. The number of nitrogens with one attached hydrogen (secondary N) is 3. The molecule has 0 aromatic rings.